The van der Waals surface area contributed by atoms with Crippen molar-refractivity contribution >= 4 is 51.8 Å². The topological polar surface area (TPSA) is 129 Å². The SMILES string of the molecule is CC=C(C)CN(N=Cc1ccc(Br)cc1F)C(=O)Nc1c(C)ccc(Cc2cccc(C)c2NC(=O)NN=Cc2ccc(-c3cn(Cc4ccccc4)nn3)cc2)c1C. The van der Waals surface area contributed by atoms with Crippen LogP contribution in [0.15, 0.2) is 136 Å². The number of amides is 4. The number of urea groups is 2. The molecule has 6 aromatic rings. The Morgan fingerprint density at radius 1 is 0.864 bits per heavy atom. The number of carbonyl (C=O) groups is 2. The lowest BCUT2D eigenvalue weighted by Crippen LogP contribution is -2.32. The summed E-state index contributed by atoms with van der Waals surface area (Å²) in [6.45, 7) is 10.4. The van der Waals surface area contributed by atoms with Crippen molar-refractivity contribution in [2.45, 2.75) is 47.6 Å². The number of aromatic nitrogens is 3. The van der Waals surface area contributed by atoms with E-state index < -0.39 is 17.9 Å². The van der Waals surface area contributed by atoms with Crippen molar-refractivity contribution in [2.24, 2.45) is 10.2 Å². The van der Waals surface area contributed by atoms with Gasteiger partial charge in [0.05, 0.1) is 31.7 Å². The zero-order valence-corrected chi connectivity index (χ0v) is 35.1. The summed E-state index contributed by atoms with van der Waals surface area (Å²) < 4.78 is 17.0. The standard InChI is InChI=1S/C46H45BrFN9O2/c1-6-30(2)27-57(50-26-39-21-22-40(47)24-41(39)48)46(59)52-43-32(4)15-18-37(33(43)5)23-38-14-10-11-31(3)44(38)51-45(58)54-49-25-34-16-19-36(20-17-34)42-29-56(55-53-42)28-35-12-8-7-9-13-35/h6-22,24-26,29H,23,27-28H2,1-5H3,(H,52,59)(H2,51,54,58). The van der Waals surface area contributed by atoms with Crippen LogP contribution in [0.4, 0.5) is 25.4 Å². The third-order valence-corrected chi connectivity index (χ3v) is 10.2. The second-order valence-corrected chi connectivity index (χ2v) is 15.0. The highest BCUT2D eigenvalue weighted by molar-refractivity contribution is 9.10. The van der Waals surface area contributed by atoms with Crippen molar-refractivity contribution in [1.82, 2.24) is 25.4 Å². The second kappa shape index (κ2) is 19.6. The summed E-state index contributed by atoms with van der Waals surface area (Å²) in [6, 6.07) is 31.3. The number of hydrogen-bond donors (Lipinski definition) is 3. The minimum absolute atomic E-state index is 0.215. The molecule has 0 fully saturated rings. The molecule has 0 spiro atoms. The van der Waals surface area contributed by atoms with Crippen molar-refractivity contribution in [3.8, 4) is 11.3 Å². The summed E-state index contributed by atoms with van der Waals surface area (Å²) in [6.07, 6.45) is 7.20. The second-order valence-electron chi connectivity index (χ2n) is 14.1. The molecule has 0 atom stereocenters. The third-order valence-electron chi connectivity index (χ3n) is 9.73. The van der Waals surface area contributed by atoms with Crippen LogP contribution in [-0.2, 0) is 13.0 Å². The molecule has 1 aromatic heterocycles. The normalized spacial score (nSPS) is 11.6. The number of nitrogens with one attached hydrogen (secondary N) is 3. The zero-order valence-electron chi connectivity index (χ0n) is 33.5. The molecular weight excluding hydrogens is 809 g/mol. The predicted octanol–water partition coefficient (Wildman–Crippen LogP) is 10.4. The number of nitrogens with zero attached hydrogens (tertiary/aromatic N) is 6. The summed E-state index contributed by atoms with van der Waals surface area (Å²) in [5.41, 5.74) is 13.1. The van der Waals surface area contributed by atoms with E-state index in [-0.39, 0.29) is 12.1 Å². The minimum Gasteiger partial charge on any atom is -0.306 e. The highest BCUT2D eigenvalue weighted by Gasteiger charge is 2.18. The smallest absolute Gasteiger partial charge is 0.306 e. The van der Waals surface area contributed by atoms with E-state index >= 15 is 0 Å². The van der Waals surface area contributed by atoms with Gasteiger partial charge < -0.3 is 10.6 Å². The summed E-state index contributed by atoms with van der Waals surface area (Å²) in [4.78, 5) is 26.8. The number of para-hydroxylation sites is 1. The van der Waals surface area contributed by atoms with Crippen LogP contribution in [-0.4, -0.2) is 51.0 Å². The molecule has 300 valence electrons. The van der Waals surface area contributed by atoms with Crippen LogP contribution < -0.4 is 16.1 Å². The van der Waals surface area contributed by atoms with Gasteiger partial charge in [-0.05, 0) is 98.2 Å². The molecule has 0 saturated carbocycles. The lowest BCUT2D eigenvalue weighted by atomic mass is 9.95. The Labute approximate surface area is 351 Å². The van der Waals surface area contributed by atoms with Gasteiger partial charge in [-0.25, -0.2) is 29.1 Å². The Morgan fingerprint density at radius 3 is 2.37 bits per heavy atom. The van der Waals surface area contributed by atoms with E-state index in [2.05, 4.69) is 64.6 Å². The number of hydrazone groups is 2. The third kappa shape index (κ3) is 11.2. The molecule has 0 radical (unpaired) electrons. The Morgan fingerprint density at radius 2 is 1.63 bits per heavy atom. The fraction of sp³-hybridized carbons (Fsp3) is 0.174. The molecule has 59 heavy (non-hydrogen) atoms. The molecule has 13 heteroatoms. The van der Waals surface area contributed by atoms with E-state index in [1.165, 1.54) is 17.3 Å². The van der Waals surface area contributed by atoms with Gasteiger partial charge >= 0.3 is 12.1 Å². The molecule has 6 rings (SSSR count). The summed E-state index contributed by atoms with van der Waals surface area (Å²) in [7, 11) is 0. The largest absolute Gasteiger partial charge is 0.342 e. The highest BCUT2D eigenvalue weighted by Crippen LogP contribution is 2.30. The van der Waals surface area contributed by atoms with Crippen molar-refractivity contribution in [3.05, 3.63) is 176 Å². The van der Waals surface area contributed by atoms with E-state index in [0.29, 0.717) is 28.8 Å². The molecule has 4 amide bonds. The number of halogens is 2. The van der Waals surface area contributed by atoms with Crippen LogP contribution in [0.1, 0.15) is 58.4 Å². The van der Waals surface area contributed by atoms with Crippen LogP contribution in [0.2, 0.25) is 0 Å². The first-order chi connectivity index (χ1) is 28.5. The first-order valence-corrected chi connectivity index (χ1v) is 19.8. The first-order valence-electron chi connectivity index (χ1n) is 19.0. The molecule has 3 N–H and O–H groups in total. The van der Waals surface area contributed by atoms with Gasteiger partial charge in [0.15, 0.2) is 0 Å². The summed E-state index contributed by atoms with van der Waals surface area (Å²) >= 11 is 3.27. The van der Waals surface area contributed by atoms with Crippen molar-refractivity contribution < 1.29 is 14.0 Å². The van der Waals surface area contributed by atoms with Crippen molar-refractivity contribution in [3.63, 3.8) is 0 Å². The quantitative estimate of drug-likeness (QED) is 0.0607. The maximum atomic E-state index is 14.6. The van der Waals surface area contributed by atoms with Crippen LogP contribution in [0.5, 0.6) is 0 Å². The Hall–Kier alpha value is -6.73. The van der Waals surface area contributed by atoms with Gasteiger partial charge in [-0.2, -0.15) is 10.2 Å². The van der Waals surface area contributed by atoms with Gasteiger partial charge in [0.2, 0.25) is 0 Å². The molecule has 11 nitrogen and oxygen atoms in total. The van der Waals surface area contributed by atoms with E-state index in [9.17, 15) is 14.0 Å². The fourth-order valence-corrected chi connectivity index (χ4v) is 6.59. The Kier molecular flexibility index (Phi) is 13.9. The number of aryl methyl sites for hydroxylation is 2. The van der Waals surface area contributed by atoms with E-state index in [1.54, 1.807) is 23.0 Å². The van der Waals surface area contributed by atoms with Crippen LogP contribution in [0.25, 0.3) is 11.3 Å². The maximum absolute atomic E-state index is 14.6. The average Bonchev–Trinajstić information content (AvgIpc) is 3.69. The number of hydrogen-bond acceptors (Lipinski definition) is 6. The number of carbonyl (C=O) groups excluding carboxylic acids is 2. The number of rotatable bonds is 13. The zero-order chi connectivity index (χ0) is 41.9. The van der Waals surface area contributed by atoms with Crippen molar-refractivity contribution in [1.29, 1.82) is 0 Å². The molecule has 1 heterocycles. The Bertz CT molecular complexity index is 2530. The van der Waals surface area contributed by atoms with Crippen LogP contribution >= 0.6 is 15.9 Å². The number of benzene rings is 5. The first kappa shape index (κ1) is 41.9. The van der Waals surface area contributed by atoms with Gasteiger partial charge in [0.25, 0.3) is 0 Å². The van der Waals surface area contributed by atoms with Gasteiger partial charge in [0, 0.05) is 27.0 Å². The summed E-state index contributed by atoms with van der Waals surface area (Å²) in [5, 5.41) is 24.4. The van der Waals surface area contributed by atoms with Gasteiger partial charge in [-0.3, -0.25) is 0 Å². The number of anilines is 2. The van der Waals surface area contributed by atoms with Gasteiger partial charge in [-0.1, -0.05) is 118 Å². The van der Waals surface area contributed by atoms with Gasteiger partial charge in [-0.15, -0.1) is 5.10 Å². The molecule has 0 bridgehead atoms. The molecule has 0 unspecified atom stereocenters. The van der Waals surface area contributed by atoms with Crippen LogP contribution in [0, 0.1) is 26.6 Å². The molecule has 0 aliphatic heterocycles. The van der Waals surface area contributed by atoms with E-state index in [0.717, 1.165) is 55.8 Å². The van der Waals surface area contributed by atoms with Gasteiger partial charge in [0.1, 0.15) is 11.5 Å². The molecule has 5 aromatic carbocycles. The maximum Gasteiger partial charge on any atom is 0.342 e. The molecule has 0 saturated heterocycles. The van der Waals surface area contributed by atoms with Crippen molar-refractivity contribution in [2.75, 3.05) is 17.2 Å². The molecule has 0 aliphatic carbocycles. The Balaban J connectivity index is 1.10. The average molecular weight is 855 g/mol. The van der Waals surface area contributed by atoms with E-state index in [1.807, 2.05) is 120 Å². The molecular formula is C46H45BrFN9O2. The monoisotopic (exact) mass is 853 g/mol. The lowest BCUT2D eigenvalue weighted by Gasteiger charge is -2.22. The summed E-state index contributed by atoms with van der Waals surface area (Å²) in [5.74, 6) is -0.458. The highest BCUT2D eigenvalue weighted by atomic mass is 79.9. The lowest BCUT2D eigenvalue weighted by molar-refractivity contribution is 0.218. The van der Waals surface area contributed by atoms with E-state index in [4.69, 9.17) is 0 Å². The predicted molar refractivity (Wildman–Crippen MR) is 238 cm³/mol. The minimum atomic E-state index is -0.489. The fourth-order valence-electron chi connectivity index (χ4n) is 6.26. The molecule has 0 aliphatic rings. The van der Waals surface area contributed by atoms with Crippen LogP contribution in [0.3, 0.4) is 0 Å². The number of allylic oxidation sites excluding steroid dienone is 1.